The van der Waals surface area contributed by atoms with Gasteiger partial charge in [0.15, 0.2) is 5.96 Å². The summed E-state index contributed by atoms with van der Waals surface area (Å²) < 4.78 is 19.0. The summed E-state index contributed by atoms with van der Waals surface area (Å²) in [6.07, 6.45) is -1.20. The van der Waals surface area contributed by atoms with Gasteiger partial charge in [0.2, 0.25) is 0 Å². The molecular weight excluding hydrogens is 514 g/mol. The molecule has 2 atom stereocenters. The minimum atomic E-state index is -0.892. The summed E-state index contributed by atoms with van der Waals surface area (Å²) in [7, 11) is 0. The van der Waals surface area contributed by atoms with Crippen LogP contribution in [0.4, 0.5) is 9.18 Å². The Kier molecular flexibility index (Phi) is 7.97. The third-order valence-corrected chi connectivity index (χ3v) is 4.95. The Morgan fingerprint density at radius 2 is 2.17 bits per heavy atom. The fourth-order valence-corrected chi connectivity index (χ4v) is 3.37. The minimum absolute atomic E-state index is 0. The highest BCUT2D eigenvalue weighted by molar-refractivity contribution is 14.0. The van der Waals surface area contributed by atoms with Crippen molar-refractivity contribution in [2.75, 3.05) is 32.7 Å². The van der Waals surface area contributed by atoms with Crippen molar-refractivity contribution in [3.8, 4) is 0 Å². The first-order valence-corrected chi connectivity index (χ1v) is 9.68. The van der Waals surface area contributed by atoms with Crippen LogP contribution in [0.15, 0.2) is 23.2 Å². The molecule has 0 bridgehead atoms. The molecule has 162 valence electrons. The van der Waals surface area contributed by atoms with E-state index >= 15 is 0 Å². The van der Waals surface area contributed by atoms with Crippen LogP contribution >= 0.6 is 35.6 Å². The topological polar surface area (TPSA) is 77.4 Å². The number of hydrogen-bond acceptors (Lipinski definition) is 6. The molecule has 0 radical (unpaired) electrons. The van der Waals surface area contributed by atoms with Gasteiger partial charge in [-0.25, -0.2) is 9.18 Å². The Bertz CT molecular complexity index is 774. The fraction of sp³-hybridized carbons (Fsp3) is 0.579. The molecule has 0 spiro atoms. The number of piperazine rings is 1. The van der Waals surface area contributed by atoms with E-state index in [1.807, 2.05) is 20.8 Å². The zero-order valence-corrected chi connectivity index (χ0v) is 19.8. The second-order valence-electron chi connectivity index (χ2n) is 8.01. The summed E-state index contributed by atoms with van der Waals surface area (Å²) in [6, 6.07) is 4.33. The quantitative estimate of drug-likeness (QED) is 0.577. The average Bonchev–Trinajstić information content (AvgIpc) is 3.02. The van der Waals surface area contributed by atoms with E-state index in [-0.39, 0.29) is 47.7 Å². The lowest BCUT2D eigenvalue weighted by Gasteiger charge is -2.39. The van der Waals surface area contributed by atoms with Crippen LogP contribution in [0.25, 0.3) is 0 Å². The van der Waals surface area contributed by atoms with Crippen molar-refractivity contribution in [2.45, 2.75) is 38.5 Å². The van der Waals surface area contributed by atoms with E-state index in [1.165, 1.54) is 12.1 Å². The van der Waals surface area contributed by atoms with Crippen LogP contribution in [0.5, 0.6) is 0 Å². The van der Waals surface area contributed by atoms with Crippen LogP contribution in [0.3, 0.4) is 0 Å². The summed E-state index contributed by atoms with van der Waals surface area (Å²) in [4.78, 5) is 20.6. The molecule has 1 amide bonds. The fourth-order valence-electron chi connectivity index (χ4n) is 3.25. The monoisotopic (exact) mass is 540 g/mol. The second kappa shape index (κ2) is 9.65. The van der Waals surface area contributed by atoms with Crippen LogP contribution in [0.2, 0.25) is 5.02 Å². The van der Waals surface area contributed by atoms with Crippen LogP contribution in [0, 0.1) is 5.82 Å². The molecule has 2 aliphatic rings. The molecule has 1 aromatic rings. The van der Waals surface area contributed by atoms with E-state index < -0.39 is 17.5 Å². The Morgan fingerprint density at radius 1 is 1.45 bits per heavy atom. The highest BCUT2D eigenvalue weighted by Gasteiger charge is 2.36. The van der Waals surface area contributed by atoms with Crippen LogP contribution in [-0.4, -0.2) is 71.3 Å². The van der Waals surface area contributed by atoms with Gasteiger partial charge in [-0.05, 0) is 38.5 Å². The number of carbonyl (C=O) groups is 1. The van der Waals surface area contributed by atoms with Gasteiger partial charge in [0.05, 0.1) is 23.7 Å². The molecule has 1 aromatic carbocycles. The Hall–Kier alpha value is -1.33. The Labute approximate surface area is 192 Å². The minimum Gasteiger partial charge on any atom is -0.444 e. The Morgan fingerprint density at radius 3 is 2.83 bits per heavy atom. The molecule has 1 fully saturated rings. The lowest BCUT2D eigenvalue weighted by atomic mass is 10.1. The lowest BCUT2D eigenvalue weighted by Crippen LogP contribution is -2.57. The van der Waals surface area contributed by atoms with Gasteiger partial charge in [0.25, 0.3) is 0 Å². The van der Waals surface area contributed by atoms with Gasteiger partial charge in [-0.15, -0.1) is 24.0 Å². The van der Waals surface area contributed by atoms with E-state index in [1.54, 1.807) is 11.0 Å². The number of aliphatic hydroxyl groups is 1. The van der Waals surface area contributed by atoms with Gasteiger partial charge < -0.3 is 25.0 Å². The standard InChI is InChI=1S/C19H26ClFN4O3.HI/c1-19(2,3)28-18(27)24-6-7-25-13(11-24)9-22-17(25)23-10-16(26)12-4-5-14(20)15(21)8-12;/h4-5,8,13,16,26H,6-7,9-11H2,1-3H3,(H,22,23);1H. The van der Waals surface area contributed by atoms with E-state index in [2.05, 4.69) is 15.2 Å². The molecule has 7 nitrogen and oxygen atoms in total. The molecule has 2 aliphatic heterocycles. The zero-order chi connectivity index (χ0) is 20.5. The van der Waals surface area contributed by atoms with Gasteiger partial charge in [-0.3, -0.25) is 4.99 Å². The predicted molar refractivity (Wildman–Crippen MR) is 120 cm³/mol. The third kappa shape index (κ3) is 6.08. The van der Waals surface area contributed by atoms with Gasteiger partial charge in [0.1, 0.15) is 11.4 Å². The van der Waals surface area contributed by atoms with Crippen LogP contribution < -0.4 is 5.32 Å². The smallest absolute Gasteiger partial charge is 0.410 e. The first-order chi connectivity index (χ1) is 13.1. The SMILES string of the molecule is CC(C)(C)OC(=O)N1CCN2C(NCC(O)c3ccc(Cl)c(F)c3)=NCC2C1.I. The number of aliphatic hydroxyl groups excluding tert-OH is 1. The second-order valence-corrected chi connectivity index (χ2v) is 8.42. The first kappa shape index (κ1) is 23.9. The van der Waals surface area contributed by atoms with Crippen molar-refractivity contribution < 1.29 is 19.0 Å². The number of guanidine groups is 1. The largest absolute Gasteiger partial charge is 0.444 e. The highest BCUT2D eigenvalue weighted by Crippen LogP contribution is 2.21. The highest BCUT2D eigenvalue weighted by atomic mass is 127. The van der Waals surface area contributed by atoms with Gasteiger partial charge in [-0.2, -0.15) is 0 Å². The van der Waals surface area contributed by atoms with Crippen molar-refractivity contribution in [3.05, 3.63) is 34.6 Å². The number of nitrogens with one attached hydrogen (secondary N) is 1. The number of hydrogen-bond donors (Lipinski definition) is 2. The molecule has 0 saturated carbocycles. The molecule has 29 heavy (non-hydrogen) atoms. The van der Waals surface area contributed by atoms with Crippen molar-refractivity contribution in [1.82, 2.24) is 15.1 Å². The molecule has 2 unspecified atom stereocenters. The number of amides is 1. The number of aliphatic imine (C=N–C) groups is 1. The zero-order valence-electron chi connectivity index (χ0n) is 16.7. The van der Waals surface area contributed by atoms with E-state index in [0.29, 0.717) is 37.7 Å². The molecular formula is C19H27ClFIN4O3. The maximum absolute atomic E-state index is 13.6. The molecule has 0 aromatic heterocycles. The summed E-state index contributed by atoms with van der Waals surface area (Å²) >= 11 is 5.68. The molecule has 10 heteroatoms. The van der Waals surface area contributed by atoms with Crippen molar-refractivity contribution in [2.24, 2.45) is 4.99 Å². The van der Waals surface area contributed by atoms with Crippen molar-refractivity contribution >= 4 is 47.6 Å². The van der Waals surface area contributed by atoms with Crippen molar-refractivity contribution in [3.63, 3.8) is 0 Å². The number of carbonyl (C=O) groups excluding carboxylic acids is 1. The first-order valence-electron chi connectivity index (χ1n) is 9.30. The summed E-state index contributed by atoms with van der Waals surface area (Å²) in [6.45, 7) is 8.00. The number of ether oxygens (including phenoxy) is 1. The normalized spacial score (nSPS) is 19.8. The summed E-state index contributed by atoms with van der Waals surface area (Å²) in [5.74, 6) is 0.122. The molecule has 3 rings (SSSR count). The van der Waals surface area contributed by atoms with Crippen LogP contribution in [-0.2, 0) is 4.74 Å². The molecule has 2 N–H and O–H groups in total. The van der Waals surface area contributed by atoms with Crippen molar-refractivity contribution in [1.29, 1.82) is 0 Å². The van der Waals surface area contributed by atoms with Gasteiger partial charge in [0, 0.05) is 26.2 Å². The number of benzene rings is 1. The van der Waals surface area contributed by atoms with Gasteiger partial charge in [-0.1, -0.05) is 17.7 Å². The van der Waals surface area contributed by atoms with Gasteiger partial charge >= 0.3 is 6.09 Å². The number of halogens is 3. The molecule has 1 saturated heterocycles. The average molecular weight is 541 g/mol. The van der Waals surface area contributed by atoms with E-state index in [0.717, 1.165) is 0 Å². The molecule has 2 heterocycles. The number of nitrogens with zero attached hydrogens (tertiary/aromatic N) is 3. The Balaban J connectivity index is 0.00000300. The molecule has 0 aliphatic carbocycles. The summed E-state index contributed by atoms with van der Waals surface area (Å²) in [5.41, 5.74) is -0.0796. The number of fused-ring (bicyclic) bond motifs is 1. The van der Waals surface area contributed by atoms with E-state index in [9.17, 15) is 14.3 Å². The number of rotatable bonds is 3. The van der Waals surface area contributed by atoms with E-state index in [4.69, 9.17) is 16.3 Å². The predicted octanol–water partition coefficient (Wildman–Crippen LogP) is 3.01. The third-order valence-electron chi connectivity index (χ3n) is 4.64. The maximum atomic E-state index is 13.6. The lowest BCUT2D eigenvalue weighted by molar-refractivity contribution is 0.0137. The maximum Gasteiger partial charge on any atom is 0.410 e. The summed E-state index contributed by atoms with van der Waals surface area (Å²) in [5, 5.41) is 13.5. The van der Waals surface area contributed by atoms with Crippen LogP contribution in [0.1, 0.15) is 32.4 Å².